The number of carbonyl (C=O) groups is 3. The molecule has 2 rings (SSSR count). The molecule has 2 aromatic rings. The van der Waals surface area contributed by atoms with Crippen molar-refractivity contribution in [2.75, 3.05) is 19.7 Å². The van der Waals surface area contributed by atoms with Gasteiger partial charge in [0.1, 0.15) is 11.6 Å². The minimum Gasteiger partial charge on any atom is -0.493 e. The molecular weight excluding hydrogens is 533 g/mol. The van der Waals surface area contributed by atoms with Crippen LogP contribution in [-0.4, -0.2) is 47.6 Å². The van der Waals surface area contributed by atoms with E-state index in [0.717, 1.165) is 49.7 Å². The number of nitrogens with one attached hydrogen (secondary N) is 1. The van der Waals surface area contributed by atoms with Gasteiger partial charge < -0.3 is 20.3 Å². The molecule has 2 aromatic carbocycles. The summed E-state index contributed by atoms with van der Waals surface area (Å²) < 4.78 is 20.8. The van der Waals surface area contributed by atoms with Gasteiger partial charge in [-0.05, 0) is 68.8 Å². The van der Waals surface area contributed by atoms with Gasteiger partial charge in [0.2, 0.25) is 0 Å². The summed E-state index contributed by atoms with van der Waals surface area (Å²) in [5, 5.41) is 19.0. The monoisotopic (exact) mass is 563 g/mol. The molecule has 0 amide bonds. The van der Waals surface area contributed by atoms with Crippen molar-refractivity contribution in [1.29, 1.82) is 0 Å². The number of hydrogen-bond acceptors (Lipinski definition) is 5. The smallest absolute Gasteiger partial charge is 0.328 e. The molecule has 0 bridgehead atoms. The summed E-state index contributed by atoms with van der Waals surface area (Å²) in [6.07, 6.45) is 8.30. The van der Waals surface area contributed by atoms with Crippen LogP contribution in [0.15, 0.2) is 71.7 Å². The van der Waals surface area contributed by atoms with Crippen molar-refractivity contribution in [3.05, 3.63) is 88.7 Å². The van der Waals surface area contributed by atoms with E-state index in [9.17, 15) is 18.8 Å². The van der Waals surface area contributed by atoms with Crippen LogP contribution in [0.4, 0.5) is 4.39 Å². The van der Waals surface area contributed by atoms with Crippen molar-refractivity contribution in [2.24, 2.45) is 0 Å². The number of carboxylic acid groups (broad SMARTS) is 2. The first-order chi connectivity index (χ1) is 17.2. The largest absolute Gasteiger partial charge is 0.493 e. The fourth-order valence-corrected chi connectivity index (χ4v) is 3.16. The number of rotatable bonds is 15. The third-order valence-electron chi connectivity index (χ3n) is 4.70. The fraction of sp³-hybridized carbons (Fsp3) is 0.296. The second kappa shape index (κ2) is 18.0. The van der Waals surface area contributed by atoms with E-state index in [1.165, 1.54) is 12.1 Å². The Morgan fingerprint density at radius 3 is 2.17 bits per heavy atom. The van der Waals surface area contributed by atoms with Crippen molar-refractivity contribution >= 4 is 33.7 Å². The first-order valence-corrected chi connectivity index (χ1v) is 12.2. The van der Waals surface area contributed by atoms with Gasteiger partial charge >= 0.3 is 11.9 Å². The van der Waals surface area contributed by atoms with Gasteiger partial charge in [0.25, 0.3) is 0 Å². The standard InChI is InChI=1S/C23H27BrFNO2.C4H4O4/c1-2-3-14-26-15-6-4-5-7-16-28-20-12-13-21(22(25)17-20)23(27)18-8-10-19(24)11-9-18;5-3(6)1-2-4(7)8/h2,8-13,17,26H,1,3-7,14-16H2;1-2H,(H,5,6)(H,7,8). The van der Waals surface area contributed by atoms with E-state index in [4.69, 9.17) is 14.9 Å². The number of hydrogen-bond donors (Lipinski definition) is 3. The Labute approximate surface area is 218 Å². The van der Waals surface area contributed by atoms with E-state index in [2.05, 4.69) is 27.8 Å². The Balaban J connectivity index is 0.000000697. The minimum absolute atomic E-state index is 0.0543. The van der Waals surface area contributed by atoms with Crippen molar-refractivity contribution in [2.45, 2.75) is 32.1 Å². The summed E-state index contributed by atoms with van der Waals surface area (Å²) in [5.74, 6) is -2.95. The van der Waals surface area contributed by atoms with Gasteiger partial charge in [-0.3, -0.25) is 4.79 Å². The normalized spacial score (nSPS) is 10.4. The highest BCUT2D eigenvalue weighted by molar-refractivity contribution is 9.10. The zero-order valence-corrected chi connectivity index (χ0v) is 21.5. The van der Waals surface area contributed by atoms with E-state index in [1.807, 2.05) is 6.08 Å². The maximum Gasteiger partial charge on any atom is 0.328 e. The molecule has 0 saturated heterocycles. The lowest BCUT2D eigenvalue weighted by molar-refractivity contribution is -0.134. The molecule has 0 saturated carbocycles. The molecule has 0 atom stereocenters. The van der Waals surface area contributed by atoms with Crippen LogP contribution in [0.5, 0.6) is 5.75 Å². The van der Waals surface area contributed by atoms with Gasteiger partial charge in [-0.25, -0.2) is 14.0 Å². The zero-order valence-electron chi connectivity index (χ0n) is 19.9. The molecule has 0 heterocycles. The van der Waals surface area contributed by atoms with E-state index < -0.39 is 17.8 Å². The van der Waals surface area contributed by atoms with Crippen LogP contribution < -0.4 is 10.1 Å². The van der Waals surface area contributed by atoms with E-state index in [0.29, 0.717) is 30.1 Å². The summed E-state index contributed by atoms with van der Waals surface area (Å²) in [6.45, 7) is 6.24. The van der Waals surface area contributed by atoms with Crippen molar-refractivity contribution in [3.8, 4) is 5.75 Å². The number of benzene rings is 2. The maximum absolute atomic E-state index is 14.3. The summed E-state index contributed by atoms with van der Waals surface area (Å²) in [5.41, 5.74) is 0.508. The molecule has 7 nitrogen and oxygen atoms in total. The van der Waals surface area contributed by atoms with Crippen molar-refractivity contribution in [1.82, 2.24) is 5.32 Å². The molecule has 0 aliphatic carbocycles. The van der Waals surface area contributed by atoms with E-state index in [1.54, 1.807) is 30.3 Å². The molecule has 36 heavy (non-hydrogen) atoms. The highest BCUT2D eigenvalue weighted by Gasteiger charge is 2.14. The molecular formula is C27H31BrFNO6. The van der Waals surface area contributed by atoms with Crippen LogP contribution >= 0.6 is 15.9 Å². The molecule has 9 heteroatoms. The first-order valence-electron chi connectivity index (χ1n) is 11.4. The Kier molecular flexibility index (Phi) is 15.4. The summed E-state index contributed by atoms with van der Waals surface area (Å²) in [6, 6.07) is 11.3. The minimum atomic E-state index is -1.26. The number of ketones is 1. The highest BCUT2D eigenvalue weighted by atomic mass is 79.9. The molecule has 194 valence electrons. The lowest BCUT2D eigenvalue weighted by Gasteiger charge is -2.09. The summed E-state index contributed by atoms with van der Waals surface area (Å²) in [7, 11) is 0. The average Bonchev–Trinajstić information content (AvgIpc) is 2.84. The Bertz CT molecular complexity index is 1010. The molecule has 0 aromatic heterocycles. The molecule has 0 aliphatic heterocycles. The second-order valence-corrected chi connectivity index (χ2v) is 8.49. The van der Waals surface area contributed by atoms with E-state index in [-0.39, 0.29) is 11.3 Å². The molecule has 0 fully saturated rings. The van der Waals surface area contributed by atoms with Crippen molar-refractivity contribution in [3.63, 3.8) is 0 Å². The van der Waals surface area contributed by atoms with Gasteiger partial charge in [-0.1, -0.05) is 34.8 Å². The van der Waals surface area contributed by atoms with Gasteiger partial charge in [-0.2, -0.15) is 0 Å². The molecule has 0 unspecified atom stereocenters. The van der Waals surface area contributed by atoms with Gasteiger partial charge in [-0.15, -0.1) is 6.58 Å². The number of aliphatic carboxylic acids is 2. The number of carbonyl (C=O) groups excluding carboxylic acids is 1. The molecule has 0 spiro atoms. The summed E-state index contributed by atoms with van der Waals surface area (Å²) >= 11 is 3.32. The van der Waals surface area contributed by atoms with Crippen LogP contribution in [0.3, 0.4) is 0 Å². The van der Waals surface area contributed by atoms with E-state index >= 15 is 0 Å². The molecule has 3 N–H and O–H groups in total. The number of carboxylic acids is 2. The predicted octanol–water partition coefficient (Wildman–Crippen LogP) is 5.64. The Morgan fingerprint density at radius 1 is 0.944 bits per heavy atom. The van der Waals surface area contributed by atoms with Crippen molar-refractivity contribution < 1.29 is 33.7 Å². The van der Waals surface area contributed by atoms with Crippen LogP contribution in [0.25, 0.3) is 0 Å². The Morgan fingerprint density at radius 2 is 1.58 bits per heavy atom. The third kappa shape index (κ3) is 13.6. The van der Waals surface area contributed by atoms with Crippen LogP contribution in [0.2, 0.25) is 0 Å². The van der Waals surface area contributed by atoms with Gasteiger partial charge in [0, 0.05) is 28.3 Å². The van der Waals surface area contributed by atoms with Crippen LogP contribution in [-0.2, 0) is 9.59 Å². The molecule has 0 aliphatic rings. The summed E-state index contributed by atoms with van der Waals surface area (Å²) in [4.78, 5) is 31.5. The second-order valence-electron chi connectivity index (χ2n) is 7.58. The SMILES string of the molecule is C=CCCNCCCCCCOc1ccc(C(=O)c2ccc(Br)cc2)c(F)c1.O=C(O)C=CC(=O)O. The van der Waals surface area contributed by atoms with Gasteiger partial charge in [0.15, 0.2) is 5.78 Å². The third-order valence-corrected chi connectivity index (χ3v) is 5.23. The van der Waals surface area contributed by atoms with Gasteiger partial charge in [0.05, 0.1) is 12.2 Å². The quantitative estimate of drug-likeness (QED) is 0.111. The lowest BCUT2D eigenvalue weighted by Crippen LogP contribution is -2.15. The fourth-order valence-electron chi connectivity index (χ4n) is 2.89. The predicted molar refractivity (Wildman–Crippen MR) is 140 cm³/mol. The van der Waals surface area contributed by atoms with Crippen LogP contribution in [0.1, 0.15) is 48.0 Å². The lowest BCUT2D eigenvalue weighted by atomic mass is 10.0. The highest BCUT2D eigenvalue weighted by Crippen LogP contribution is 2.21. The topological polar surface area (TPSA) is 113 Å². The number of halogens is 2. The maximum atomic E-state index is 14.3. The Hall–Kier alpha value is -3.30. The first kappa shape index (κ1) is 30.7. The molecule has 0 radical (unpaired) electrons. The zero-order chi connectivity index (χ0) is 26.8. The number of ether oxygens (including phenoxy) is 1. The number of unbranched alkanes of at least 4 members (excludes halogenated alkanes) is 3. The van der Waals surface area contributed by atoms with Crippen LogP contribution in [0, 0.1) is 5.82 Å². The average molecular weight is 564 g/mol.